The number of hydrogen-bond acceptors (Lipinski definition) is 8. The highest BCUT2D eigenvalue weighted by Gasteiger charge is 2.17. The van der Waals surface area contributed by atoms with Gasteiger partial charge >= 0.3 is 0 Å². The van der Waals surface area contributed by atoms with Gasteiger partial charge in [0.15, 0.2) is 0 Å². The van der Waals surface area contributed by atoms with Crippen molar-refractivity contribution in [2.45, 2.75) is 24.6 Å². The number of aromatic nitrogens is 4. The predicted molar refractivity (Wildman–Crippen MR) is 126 cm³/mol. The summed E-state index contributed by atoms with van der Waals surface area (Å²) in [5.41, 5.74) is 1.16. The molecular weight excluding hydrogens is 462 g/mol. The molecule has 0 unspecified atom stereocenters. The van der Waals surface area contributed by atoms with Crippen molar-refractivity contribution < 1.29 is 13.2 Å². The fraction of sp³-hybridized carbons (Fsp3) is 0.143. The first-order valence-electron chi connectivity index (χ1n) is 9.85. The number of nitrogens with one attached hydrogen (secondary N) is 3. The van der Waals surface area contributed by atoms with E-state index in [2.05, 4.69) is 30.3 Å². The molecule has 0 bridgehead atoms. The minimum atomic E-state index is -3.73. The van der Waals surface area contributed by atoms with Crippen molar-refractivity contribution in [3.63, 3.8) is 0 Å². The number of benzene rings is 1. The van der Waals surface area contributed by atoms with Gasteiger partial charge in [0.2, 0.25) is 5.91 Å². The Morgan fingerprint density at radius 3 is 2.55 bits per heavy atom. The maximum absolute atomic E-state index is 12.7. The molecule has 3 aromatic heterocycles. The molecule has 12 heteroatoms. The number of aryl methyl sites for hydroxylation is 1. The zero-order valence-electron chi connectivity index (χ0n) is 17.8. The second-order valence-electron chi connectivity index (χ2n) is 7.07. The summed E-state index contributed by atoms with van der Waals surface area (Å²) >= 11 is 1.11. The summed E-state index contributed by atoms with van der Waals surface area (Å²) in [6.45, 7) is 3.51. The highest BCUT2D eigenvalue weighted by molar-refractivity contribution is 7.94. The third-order valence-corrected chi connectivity index (χ3v) is 7.37. The molecule has 170 valence electrons. The van der Waals surface area contributed by atoms with Gasteiger partial charge in [0.25, 0.3) is 10.0 Å². The van der Waals surface area contributed by atoms with Crippen LogP contribution in [0.4, 0.5) is 17.2 Å². The molecule has 1 aromatic carbocycles. The van der Waals surface area contributed by atoms with Gasteiger partial charge in [-0.1, -0.05) is 0 Å². The van der Waals surface area contributed by atoms with Crippen LogP contribution in [-0.4, -0.2) is 33.8 Å². The highest BCUT2D eigenvalue weighted by atomic mass is 32.2. The first kappa shape index (κ1) is 22.4. The van der Waals surface area contributed by atoms with Crippen LogP contribution in [0.2, 0.25) is 0 Å². The number of thiophene rings is 1. The summed E-state index contributed by atoms with van der Waals surface area (Å²) in [6, 6.07) is 11.8. The Bertz CT molecular complexity index is 1370. The molecule has 0 saturated carbocycles. The number of carbonyl (C=O) groups is 1. The van der Waals surface area contributed by atoms with E-state index in [1.165, 1.54) is 13.0 Å². The van der Waals surface area contributed by atoms with Gasteiger partial charge in [-0.2, -0.15) is 0 Å². The van der Waals surface area contributed by atoms with Crippen molar-refractivity contribution in [3.05, 3.63) is 71.9 Å². The molecule has 3 N–H and O–H groups in total. The molecule has 0 aliphatic rings. The minimum Gasteiger partial charge on any atom is -0.351 e. The normalized spacial score (nSPS) is 11.2. The molecule has 0 aliphatic heterocycles. The molecule has 0 atom stereocenters. The Morgan fingerprint density at radius 2 is 1.85 bits per heavy atom. The topological polar surface area (TPSA) is 131 Å². The number of nitrogens with zero attached hydrogens (tertiary/aromatic N) is 4. The van der Waals surface area contributed by atoms with E-state index in [1.807, 2.05) is 0 Å². The van der Waals surface area contributed by atoms with Gasteiger partial charge in [-0.3, -0.25) is 14.1 Å². The van der Waals surface area contributed by atoms with E-state index in [4.69, 9.17) is 0 Å². The van der Waals surface area contributed by atoms with Crippen LogP contribution in [0.1, 0.15) is 17.6 Å². The highest BCUT2D eigenvalue weighted by Crippen LogP contribution is 2.25. The lowest BCUT2D eigenvalue weighted by molar-refractivity contribution is -0.119. The van der Waals surface area contributed by atoms with E-state index >= 15 is 0 Å². The monoisotopic (exact) mass is 483 g/mol. The first-order chi connectivity index (χ1) is 15.8. The van der Waals surface area contributed by atoms with Gasteiger partial charge in [-0.05, 0) is 43.3 Å². The molecule has 1 amide bonds. The van der Waals surface area contributed by atoms with Crippen LogP contribution >= 0.6 is 11.3 Å². The van der Waals surface area contributed by atoms with Crippen molar-refractivity contribution in [2.75, 3.05) is 10.0 Å². The summed E-state index contributed by atoms with van der Waals surface area (Å²) in [4.78, 5) is 24.6. The Morgan fingerprint density at radius 1 is 1.09 bits per heavy atom. The van der Waals surface area contributed by atoms with Crippen molar-refractivity contribution in [3.8, 4) is 5.82 Å². The second-order valence-corrected chi connectivity index (χ2v) is 10.1. The zero-order valence-corrected chi connectivity index (χ0v) is 19.4. The lowest BCUT2D eigenvalue weighted by atomic mass is 10.3. The van der Waals surface area contributed by atoms with Crippen LogP contribution in [0.15, 0.2) is 65.4 Å². The van der Waals surface area contributed by atoms with Crippen LogP contribution in [-0.2, 0) is 21.4 Å². The van der Waals surface area contributed by atoms with Gasteiger partial charge in [-0.25, -0.2) is 23.4 Å². The van der Waals surface area contributed by atoms with E-state index in [9.17, 15) is 13.2 Å². The first-order valence-corrected chi connectivity index (χ1v) is 12.2. The number of imidazole rings is 1. The Labute approximate surface area is 194 Å². The summed E-state index contributed by atoms with van der Waals surface area (Å²) in [6.07, 6.45) is 5.12. The molecule has 10 nitrogen and oxygen atoms in total. The molecule has 33 heavy (non-hydrogen) atoms. The number of carbonyl (C=O) groups excluding carboxylic acids is 1. The molecule has 4 rings (SSSR count). The van der Waals surface area contributed by atoms with Gasteiger partial charge in [-0.15, -0.1) is 11.3 Å². The van der Waals surface area contributed by atoms with Crippen LogP contribution < -0.4 is 15.4 Å². The molecule has 0 aliphatic carbocycles. The summed E-state index contributed by atoms with van der Waals surface area (Å²) in [5.74, 6) is 1.71. The quantitative estimate of drug-likeness (QED) is 0.351. The van der Waals surface area contributed by atoms with Crippen LogP contribution in [0.5, 0.6) is 0 Å². The third-order valence-electron chi connectivity index (χ3n) is 4.42. The molecule has 3 heterocycles. The average Bonchev–Trinajstić information content (AvgIpc) is 3.46. The van der Waals surface area contributed by atoms with Crippen molar-refractivity contribution in [1.29, 1.82) is 0 Å². The molecule has 0 fully saturated rings. The van der Waals surface area contributed by atoms with E-state index in [0.29, 0.717) is 29.7 Å². The summed E-state index contributed by atoms with van der Waals surface area (Å²) < 4.78 is 29.9. The van der Waals surface area contributed by atoms with Gasteiger partial charge in [0.1, 0.15) is 28.0 Å². The standard InChI is InChI=1S/C21H21N7O3S2/c1-14-24-19(11-20(25-14)28-10-9-22-13-28)26-16-3-5-17(6-4-16)27-33(30,31)21-8-7-18(32-21)12-23-15(2)29/h3-11,13,27H,12H2,1-2H3,(H,23,29)(H,24,25,26). The number of rotatable bonds is 8. The molecule has 0 radical (unpaired) electrons. The smallest absolute Gasteiger partial charge is 0.271 e. The summed E-state index contributed by atoms with van der Waals surface area (Å²) in [5, 5.41) is 5.85. The van der Waals surface area contributed by atoms with Gasteiger partial charge < -0.3 is 10.6 Å². The maximum Gasteiger partial charge on any atom is 0.271 e. The number of amides is 1. The van der Waals surface area contributed by atoms with Gasteiger partial charge in [0, 0.05) is 41.6 Å². The van der Waals surface area contributed by atoms with Crippen molar-refractivity contribution >= 4 is 44.5 Å². The molecular formula is C21H21N7O3S2. The molecule has 0 spiro atoms. The number of hydrogen-bond donors (Lipinski definition) is 3. The molecule has 4 aromatic rings. The van der Waals surface area contributed by atoms with Gasteiger partial charge in [0.05, 0.1) is 6.54 Å². The predicted octanol–water partition coefficient (Wildman–Crippen LogP) is 3.21. The van der Waals surface area contributed by atoms with Crippen LogP contribution in [0, 0.1) is 6.92 Å². The van der Waals surface area contributed by atoms with Crippen molar-refractivity contribution in [1.82, 2.24) is 24.8 Å². The van der Waals surface area contributed by atoms with E-state index in [-0.39, 0.29) is 10.1 Å². The Balaban J connectivity index is 1.44. The molecule has 0 saturated heterocycles. The van der Waals surface area contributed by atoms with Crippen LogP contribution in [0.3, 0.4) is 0 Å². The fourth-order valence-corrected chi connectivity index (χ4v) is 5.28. The van der Waals surface area contributed by atoms with Crippen LogP contribution in [0.25, 0.3) is 5.82 Å². The second kappa shape index (κ2) is 9.38. The SMILES string of the molecule is CC(=O)NCc1ccc(S(=O)(=O)Nc2ccc(Nc3cc(-n4ccnc4)nc(C)n3)cc2)s1. The Kier molecular flexibility index (Phi) is 6.38. The zero-order chi connectivity index (χ0) is 23.4. The minimum absolute atomic E-state index is 0.172. The lowest BCUT2D eigenvalue weighted by Crippen LogP contribution is -2.18. The third kappa shape index (κ3) is 5.73. The average molecular weight is 484 g/mol. The van der Waals surface area contributed by atoms with E-state index in [1.54, 1.807) is 66.6 Å². The lowest BCUT2D eigenvalue weighted by Gasteiger charge is -2.10. The van der Waals surface area contributed by atoms with E-state index < -0.39 is 10.0 Å². The van der Waals surface area contributed by atoms with Crippen molar-refractivity contribution in [2.24, 2.45) is 0 Å². The fourth-order valence-electron chi connectivity index (χ4n) is 2.93. The maximum atomic E-state index is 12.7. The number of anilines is 3. The number of sulfonamides is 1. The largest absolute Gasteiger partial charge is 0.351 e. The summed E-state index contributed by atoms with van der Waals surface area (Å²) in [7, 11) is -3.73. The Hall–Kier alpha value is -3.77. The van der Waals surface area contributed by atoms with E-state index in [0.717, 1.165) is 21.9 Å².